The third-order valence-corrected chi connectivity index (χ3v) is 3.50. The Kier molecular flexibility index (Phi) is 4.10. The Hall–Kier alpha value is -3.08. The molecule has 1 amide bonds. The molecule has 0 atom stereocenters. The summed E-state index contributed by atoms with van der Waals surface area (Å²) >= 11 is 0. The zero-order chi connectivity index (χ0) is 16.2. The van der Waals surface area contributed by atoms with Gasteiger partial charge in [-0.2, -0.15) is 0 Å². The van der Waals surface area contributed by atoms with Gasteiger partial charge in [0.1, 0.15) is 12.4 Å². The molecule has 2 aromatic rings. The molecule has 1 N–H and O–H groups in total. The lowest BCUT2D eigenvalue weighted by Gasteiger charge is -2.03. The number of cyclic esters (lactones) is 1. The molecular formula is C18H15NO4. The molecule has 2 aromatic carbocycles. The van der Waals surface area contributed by atoms with Crippen LogP contribution in [0.3, 0.4) is 0 Å². The quantitative estimate of drug-likeness (QED) is 0.696. The summed E-state index contributed by atoms with van der Waals surface area (Å²) in [6.45, 7) is 0.291. The van der Waals surface area contributed by atoms with E-state index in [0.717, 1.165) is 16.9 Å². The van der Waals surface area contributed by atoms with E-state index in [2.05, 4.69) is 5.32 Å². The Morgan fingerprint density at radius 2 is 2.00 bits per heavy atom. The van der Waals surface area contributed by atoms with Gasteiger partial charge in [-0.15, -0.1) is 0 Å². The third kappa shape index (κ3) is 3.40. The monoisotopic (exact) mass is 309 g/mol. The lowest BCUT2D eigenvalue weighted by Crippen LogP contribution is -2.08. The molecule has 5 heteroatoms. The Morgan fingerprint density at radius 3 is 2.74 bits per heavy atom. The topological polar surface area (TPSA) is 64.6 Å². The van der Waals surface area contributed by atoms with E-state index >= 15 is 0 Å². The molecule has 1 aliphatic heterocycles. The highest BCUT2D eigenvalue weighted by Gasteiger charge is 2.21. The van der Waals surface area contributed by atoms with Crippen LogP contribution >= 0.6 is 0 Å². The van der Waals surface area contributed by atoms with E-state index in [1.165, 1.54) is 6.08 Å². The van der Waals surface area contributed by atoms with E-state index in [9.17, 15) is 9.59 Å². The van der Waals surface area contributed by atoms with Crippen LogP contribution in [0.15, 0.2) is 48.5 Å². The fourth-order valence-corrected chi connectivity index (χ4v) is 2.26. The van der Waals surface area contributed by atoms with E-state index in [-0.39, 0.29) is 11.9 Å². The first kappa shape index (κ1) is 14.8. The molecule has 1 heterocycles. The second-order valence-electron chi connectivity index (χ2n) is 5.04. The number of anilines is 1. The molecule has 0 unspecified atom stereocenters. The first-order valence-corrected chi connectivity index (χ1v) is 7.09. The average Bonchev–Trinajstić information content (AvgIpc) is 2.94. The van der Waals surface area contributed by atoms with Crippen LogP contribution < -0.4 is 10.1 Å². The maximum atomic E-state index is 12.0. The van der Waals surface area contributed by atoms with E-state index in [4.69, 9.17) is 9.47 Å². The molecule has 0 fully saturated rings. The Labute approximate surface area is 133 Å². The smallest absolute Gasteiger partial charge is 0.338 e. The third-order valence-electron chi connectivity index (χ3n) is 3.50. The van der Waals surface area contributed by atoms with E-state index in [0.29, 0.717) is 17.9 Å². The van der Waals surface area contributed by atoms with E-state index in [1.807, 2.05) is 24.3 Å². The molecule has 0 aromatic heterocycles. The van der Waals surface area contributed by atoms with Crippen molar-refractivity contribution < 1.29 is 19.1 Å². The minimum Gasteiger partial charge on any atom is -0.497 e. The molecule has 5 nitrogen and oxygen atoms in total. The van der Waals surface area contributed by atoms with Gasteiger partial charge in [0, 0.05) is 17.3 Å². The second kappa shape index (κ2) is 6.36. The van der Waals surface area contributed by atoms with Crippen LogP contribution in [0.5, 0.6) is 5.75 Å². The first-order valence-electron chi connectivity index (χ1n) is 7.09. The summed E-state index contributed by atoms with van der Waals surface area (Å²) in [5.74, 6) is 0.133. The van der Waals surface area contributed by atoms with Crippen LogP contribution in [0, 0.1) is 0 Å². The van der Waals surface area contributed by atoms with Gasteiger partial charge < -0.3 is 14.8 Å². The summed E-state index contributed by atoms with van der Waals surface area (Å²) in [6.07, 6.45) is 3.14. The molecule has 0 bridgehead atoms. The van der Waals surface area contributed by atoms with Gasteiger partial charge >= 0.3 is 5.97 Å². The number of ether oxygens (including phenoxy) is 2. The predicted molar refractivity (Wildman–Crippen MR) is 86.2 cm³/mol. The molecule has 23 heavy (non-hydrogen) atoms. The van der Waals surface area contributed by atoms with Crippen molar-refractivity contribution in [3.05, 3.63) is 65.2 Å². The standard InChI is InChI=1S/C18H15NO4/c1-22-15-7-2-12(3-8-15)4-9-17(20)19-14-6-5-13-11-23-18(21)16(13)10-14/h2-10H,11H2,1H3,(H,19,20)/b9-4+. The Balaban J connectivity index is 1.66. The SMILES string of the molecule is COc1ccc(/C=C/C(=O)Nc2ccc3c(c2)C(=O)OC3)cc1. The summed E-state index contributed by atoms with van der Waals surface area (Å²) in [6, 6.07) is 12.5. The van der Waals surface area contributed by atoms with Gasteiger partial charge in [-0.3, -0.25) is 4.79 Å². The van der Waals surface area contributed by atoms with Gasteiger partial charge in [0.15, 0.2) is 0 Å². The molecule has 0 saturated heterocycles. The second-order valence-corrected chi connectivity index (χ2v) is 5.04. The summed E-state index contributed by atoms with van der Waals surface area (Å²) in [4.78, 5) is 23.5. The van der Waals surface area contributed by atoms with Crippen molar-refractivity contribution in [2.75, 3.05) is 12.4 Å². The number of hydrogen-bond acceptors (Lipinski definition) is 4. The number of fused-ring (bicyclic) bond motifs is 1. The van der Waals surface area contributed by atoms with Crippen LogP contribution in [0.4, 0.5) is 5.69 Å². The Morgan fingerprint density at radius 1 is 1.22 bits per heavy atom. The van der Waals surface area contributed by atoms with Crippen LogP contribution in [-0.4, -0.2) is 19.0 Å². The lowest BCUT2D eigenvalue weighted by atomic mass is 10.1. The van der Waals surface area contributed by atoms with Crippen molar-refractivity contribution in [3.8, 4) is 5.75 Å². The number of nitrogens with one attached hydrogen (secondary N) is 1. The van der Waals surface area contributed by atoms with E-state index < -0.39 is 0 Å². The van der Waals surface area contributed by atoms with Gasteiger partial charge in [0.05, 0.1) is 12.7 Å². The molecule has 3 rings (SSSR count). The molecule has 0 aliphatic carbocycles. The number of carbonyl (C=O) groups is 2. The van der Waals surface area contributed by atoms with Gasteiger partial charge in [-0.05, 0) is 35.9 Å². The molecule has 0 radical (unpaired) electrons. The molecule has 116 valence electrons. The summed E-state index contributed by atoms with van der Waals surface area (Å²) in [5, 5.41) is 2.73. The minimum atomic E-state index is -0.357. The molecule has 1 aliphatic rings. The number of carbonyl (C=O) groups excluding carboxylic acids is 2. The Bertz CT molecular complexity index is 778. The first-order chi connectivity index (χ1) is 11.2. The maximum absolute atomic E-state index is 12.0. The fraction of sp³-hybridized carbons (Fsp3) is 0.111. The molecule has 0 spiro atoms. The zero-order valence-corrected chi connectivity index (χ0v) is 12.5. The molecular weight excluding hydrogens is 294 g/mol. The average molecular weight is 309 g/mol. The maximum Gasteiger partial charge on any atom is 0.338 e. The predicted octanol–water partition coefficient (Wildman–Crippen LogP) is 3.02. The number of hydrogen-bond donors (Lipinski definition) is 1. The number of benzene rings is 2. The van der Waals surface area contributed by atoms with Crippen molar-refractivity contribution in [2.24, 2.45) is 0 Å². The highest BCUT2D eigenvalue weighted by atomic mass is 16.5. The van der Waals surface area contributed by atoms with Crippen LogP contribution in [0.25, 0.3) is 6.08 Å². The fourth-order valence-electron chi connectivity index (χ4n) is 2.26. The van der Waals surface area contributed by atoms with Crippen molar-refractivity contribution in [2.45, 2.75) is 6.61 Å². The van der Waals surface area contributed by atoms with Crippen molar-refractivity contribution in [1.29, 1.82) is 0 Å². The lowest BCUT2D eigenvalue weighted by molar-refractivity contribution is -0.111. The zero-order valence-electron chi connectivity index (χ0n) is 12.5. The highest BCUT2D eigenvalue weighted by Crippen LogP contribution is 2.23. The van der Waals surface area contributed by atoms with Crippen molar-refractivity contribution in [3.63, 3.8) is 0 Å². The van der Waals surface area contributed by atoms with Crippen LogP contribution in [0.2, 0.25) is 0 Å². The summed E-state index contributed by atoms with van der Waals surface area (Å²) < 4.78 is 10.0. The largest absolute Gasteiger partial charge is 0.497 e. The highest BCUT2D eigenvalue weighted by molar-refractivity contribution is 6.03. The van der Waals surface area contributed by atoms with Gasteiger partial charge in [0.25, 0.3) is 0 Å². The number of amides is 1. The van der Waals surface area contributed by atoms with Crippen molar-refractivity contribution in [1.82, 2.24) is 0 Å². The van der Waals surface area contributed by atoms with E-state index in [1.54, 1.807) is 31.4 Å². The van der Waals surface area contributed by atoms with Gasteiger partial charge in [0.2, 0.25) is 5.91 Å². The summed E-state index contributed by atoms with van der Waals surface area (Å²) in [5.41, 5.74) is 2.79. The van der Waals surface area contributed by atoms with Crippen molar-refractivity contribution >= 4 is 23.6 Å². The minimum absolute atomic E-state index is 0.271. The summed E-state index contributed by atoms with van der Waals surface area (Å²) in [7, 11) is 1.60. The molecule has 0 saturated carbocycles. The van der Waals surface area contributed by atoms with Gasteiger partial charge in [-0.1, -0.05) is 18.2 Å². The number of rotatable bonds is 4. The van der Waals surface area contributed by atoms with Crippen LogP contribution in [0.1, 0.15) is 21.5 Å². The van der Waals surface area contributed by atoms with Crippen LogP contribution in [-0.2, 0) is 16.1 Å². The van der Waals surface area contributed by atoms with Gasteiger partial charge in [-0.25, -0.2) is 4.79 Å². The number of esters is 1. The number of methoxy groups -OCH3 is 1. The normalized spacial score (nSPS) is 12.8.